The predicted octanol–water partition coefficient (Wildman–Crippen LogP) is 4.70. The lowest BCUT2D eigenvalue weighted by molar-refractivity contribution is 0.109. The predicted molar refractivity (Wildman–Crippen MR) is 88.7 cm³/mol. The maximum absolute atomic E-state index is 11.4. The zero-order chi connectivity index (χ0) is 15.7. The van der Waals surface area contributed by atoms with Gasteiger partial charge in [-0.25, -0.2) is 0 Å². The SMILES string of the molecule is Cc1cc(-c2ccccc2)cc(C)c2c(C=O)c(C=O)cc1-2. The quantitative estimate of drug-likeness (QED) is 0.655. The van der Waals surface area contributed by atoms with Crippen molar-refractivity contribution in [2.75, 3.05) is 0 Å². The first-order valence-electron chi connectivity index (χ1n) is 7.19. The Kier molecular flexibility index (Phi) is 3.60. The molecule has 2 aliphatic rings. The minimum absolute atomic E-state index is 0.462. The molecule has 0 aliphatic heterocycles. The summed E-state index contributed by atoms with van der Waals surface area (Å²) in [5, 5.41) is 0. The van der Waals surface area contributed by atoms with E-state index in [1.807, 2.05) is 38.1 Å². The van der Waals surface area contributed by atoms with Crippen molar-refractivity contribution in [2.24, 2.45) is 0 Å². The van der Waals surface area contributed by atoms with Gasteiger partial charge in [0.25, 0.3) is 0 Å². The number of benzene rings is 1. The summed E-state index contributed by atoms with van der Waals surface area (Å²) >= 11 is 0. The highest BCUT2D eigenvalue weighted by atomic mass is 16.1. The average Bonchev–Trinajstić information content (AvgIpc) is 2.88. The molecule has 108 valence electrons. The summed E-state index contributed by atoms with van der Waals surface area (Å²) < 4.78 is 0. The molecule has 2 aliphatic carbocycles. The molecule has 0 saturated heterocycles. The molecule has 1 aromatic carbocycles. The fourth-order valence-corrected chi connectivity index (χ4v) is 3.01. The largest absolute Gasteiger partial charge is 0.298 e. The molecule has 2 nitrogen and oxygen atoms in total. The van der Waals surface area contributed by atoms with Crippen molar-refractivity contribution in [3.8, 4) is 22.3 Å². The molecule has 0 atom stereocenters. The van der Waals surface area contributed by atoms with E-state index in [1.165, 1.54) is 0 Å². The highest BCUT2D eigenvalue weighted by Gasteiger charge is 2.19. The minimum atomic E-state index is 0.462. The number of rotatable bonds is 3. The molecule has 22 heavy (non-hydrogen) atoms. The van der Waals surface area contributed by atoms with E-state index in [9.17, 15) is 9.59 Å². The molecule has 2 heteroatoms. The third kappa shape index (κ3) is 2.23. The third-order valence-electron chi connectivity index (χ3n) is 4.06. The van der Waals surface area contributed by atoms with Crippen LogP contribution in [0.4, 0.5) is 0 Å². The lowest BCUT2D eigenvalue weighted by Gasteiger charge is -2.01. The van der Waals surface area contributed by atoms with Crippen molar-refractivity contribution in [1.82, 2.24) is 0 Å². The van der Waals surface area contributed by atoms with Crippen LogP contribution in [0, 0.1) is 13.8 Å². The first kappa shape index (κ1) is 14.2. The van der Waals surface area contributed by atoms with Crippen molar-refractivity contribution >= 4 is 12.6 Å². The van der Waals surface area contributed by atoms with E-state index in [0.29, 0.717) is 11.1 Å². The summed E-state index contributed by atoms with van der Waals surface area (Å²) in [5.74, 6) is 0. The first-order chi connectivity index (χ1) is 10.7. The van der Waals surface area contributed by atoms with Crippen LogP contribution in [-0.2, 0) is 0 Å². The van der Waals surface area contributed by atoms with Gasteiger partial charge in [-0.1, -0.05) is 42.5 Å². The number of hydrogen-bond acceptors (Lipinski definition) is 2. The molecule has 0 bridgehead atoms. The number of hydrogen-bond donors (Lipinski definition) is 0. The summed E-state index contributed by atoms with van der Waals surface area (Å²) in [4.78, 5) is 22.6. The van der Waals surface area contributed by atoms with Crippen LogP contribution in [0.2, 0.25) is 0 Å². The van der Waals surface area contributed by atoms with Crippen LogP contribution in [0.5, 0.6) is 0 Å². The number of aryl methyl sites for hydroxylation is 2. The summed E-state index contributed by atoms with van der Waals surface area (Å²) in [7, 11) is 0. The summed E-state index contributed by atoms with van der Waals surface area (Å²) in [6, 6.07) is 16.1. The number of fused-ring (bicyclic) bond motifs is 1. The standard InChI is InChI=1S/C20H16O2/c1-13-8-16(15-6-4-3-5-7-15)9-14(2)20-18(13)10-17(11-21)19(20)12-22/h3-12H,1-2H3. The van der Waals surface area contributed by atoms with Gasteiger partial charge in [-0.3, -0.25) is 9.59 Å². The topological polar surface area (TPSA) is 34.1 Å². The van der Waals surface area contributed by atoms with Crippen LogP contribution in [0.1, 0.15) is 31.8 Å². The summed E-state index contributed by atoms with van der Waals surface area (Å²) in [6.07, 6.45) is 1.53. The zero-order valence-corrected chi connectivity index (χ0v) is 12.6. The molecule has 0 heterocycles. The number of aldehydes is 2. The minimum Gasteiger partial charge on any atom is -0.298 e. The van der Waals surface area contributed by atoms with Gasteiger partial charge < -0.3 is 0 Å². The number of carbonyl (C=O) groups excluding carboxylic acids is 2. The maximum atomic E-state index is 11.4. The van der Waals surface area contributed by atoms with Gasteiger partial charge in [-0.05, 0) is 53.3 Å². The maximum Gasteiger partial charge on any atom is 0.151 e. The van der Waals surface area contributed by atoms with Gasteiger partial charge in [0.1, 0.15) is 0 Å². The van der Waals surface area contributed by atoms with Crippen molar-refractivity contribution in [3.63, 3.8) is 0 Å². The highest BCUT2D eigenvalue weighted by molar-refractivity contribution is 6.02. The van der Waals surface area contributed by atoms with Crippen LogP contribution < -0.4 is 0 Å². The van der Waals surface area contributed by atoms with E-state index in [2.05, 4.69) is 24.3 Å². The lowest BCUT2D eigenvalue weighted by atomic mass is 10.0. The normalized spacial score (nSPS) is 10.6. The number of carbonyl (C=O) groups is 2. The van der Waals surface area contributed by atoms with Gasteiger partial charge in [0.2, 0.25) is 0 Å². The molecule has 3 rings (SSSR count). The van der Waals surface area contributed by atoms with Gasteiger partial charge in [0, 0.05) is 11.1 Å². The van der Waals surface area contributed by atoms with E-state index in [4.69, 9.17) is 0 Å². The molecular formula is C20H16O2. The molecule has 0 saturated carbocycles. The molecule has 1 aromatic rings. The van der Waals surface area contributed by atoms with Crippen LogP contribution in [-0.4, -0.2) is 12.6 Å². The van der Waals surface area contributed by atoms with Gasteiger partial charge in [0.15, 0.2) is 12.6 Å². The molecule has 0 radical (unpaired) electrons. The van der Waals surface area contributed by atoms with Crippen molar-refractivity contribution in [2.45, 2.75) is 13.8 Å². The zero-order valence-electron chi connectivity index (χ0n) is 12.6. The summed E-state index contributed by atoms with van der Waals surface area (Å²) in [5.41, 5.74) is 7.08. The Morgan fingerprint density at radius 3 is 2.09 bits per heavy atom. The lowest BCUT2D eigenvalue weighted by Crippen LogP contribution is -1.87. The fourth-order valence-electron chi connectivity index (χ4n) is 3.01. The molecule has 0 fully saturated rings. The molecular weight excluding hydrogens is 272 g/mol. The van der Waals surface area contributed by atoms with E-state index in [0.717, 1.165) is 46.0 Å². The Morgan fingerprint density at radius 2 is 1.45 bits per heavy atom. The van der Waals surface area contributed by atoms with Crippen molar-refractivity contribution in [1.29, 1.82) is 0 Å². The fraction of sp³-hybridized carbons (Fsp3) is 0.100. The molecule has 0 spiro atoms. The first-order valence-corrected chi connectivity index (χ1v) is 7.19. The van der Waals surface area contributed by atoms with E-state index in [1.54, 1.807) is 0 Å². The molecule has 0 N–H and O–H groups in total. The van der Waals surface area contributed by atoms with Gasteiger partial charge >= 0.3 is 0 Å². The van der Waals surface area contributed by atoms with Crippen LogP contribution in [0.15, 0.2) is 48.5 Å². The monoisotopic (exact) mass is 288 g/mol. The Balaban J connectivity index is 2.36. The Labute approximate surface area is 129 Å². The summed E-state index contributed by atoms with van der Waals surface area (Å²) in [6.45, 7) is 3.99. The Hall–Kier alpha value is -2.74. The van der Waals surface area contributed by atoms with Crippen LogP contribution >= 0.6 is 0 Å². The van der Waals surface area contributed by atoms with Crippen LogP contribution in [0.3, 0.4) is 0 Å². The van der Waals surface area contributed by atoms with Crippen molar-refractivity contribution in [3.05, 3.63) is 70.8 Å². The highest BCUT2D eigenvalue weighted by Crippen LogP contribution is 2.37. The van der Waals surface area contributed by atoms with Crippen molar-refractivity contribution < 1.29 is 9.59 Å². The van der Waals surface area contributed by atoms with Gasteiger partial charge in [0.05, 0.1) is 0 Å². The molecule has 0 aromatic heterocycles. The average molecular weight is 288 g/mol. The van der Waals surface area contributed by atoms with Gasteiger partial charge in [-0.15, -0.1) is 0 Å². The second kappa shape index (κ2) is 5.57. The molecule has 0 unspecified atom stereocenters. The Bertz CT molecular complexity index is 832. The Morgan fingerprint density at radius 1 is 0.773 bits per heavy atom. The van der Waals surface area contributed by atoms with Crippen LogP contribution in [0.25, 0.3) is 22.3 Å². The third-order valence-corrected chi connectivity index (χ3v) is 4.06. The van der Waals surface area contributed by atoms with E-state index in [-0.39, 0.29) is 0 Å². The molecule has 0 amide bonds. The second-order valence-electron chi connectivity index (χ2n) is 5.51. The second-order valence-corrected chi connectivity index (χ2v) is 5.51. The van der Waals surface area contributed by atoms with E-state index < -0.39 is 0 Å². The van der Waals surface area contributed by atoms with Gasteiger partial charge in [-0.2, -0.15) is 0 Å². The smallest absolute Gasteiger partial charge is 0.151 e. The van der Waals surface area contributed by atoms with E-state index >= 15 is 0 Å².